The van der Waals surface area contributed by atoms with Crippen LogP contribution < -0.4 is 9.47 Å². The van der Waals surface area contributed by atoms with Gasteiger partial charge in [-0.15, -0.1) is 0 Å². The van der Waals surface area contributed by atoms with Crippen molar-refractivity contribution in [1.29, 1.82) is 0 Å². The van der Waals surface area contributed by atoms with Gasteiger partial charge < -0.3 is 19.5 Å². The fourth-order valence-corrected chi connectivity index (χ4v) is 4.15. The zero-order valence-corrected chi connectivity index (χ0v) is 17.6. The second-order valence-corrected chi connectivity index (χ2v) is 8.10. The highest BCUT2D eigenvalue weighted by Gasteiger charge is 2.33. The molecule has 1 heterocycles. The quantitative estimate of drug-likeness (QED) is 0.562. The molecule has 4 rings (SSSR count). The van der Waals surface area contributed by atoms with Gasteiger partial charge in [0.1, 0.15) is 17.2 Å². The summed E-state index contributed by atoms with van der Waals surface area (Å²) in [4.78, 5) is 2.16. The first-order valence-corrected chi connectivity index (χ1v) is 10.5. The molecule has 0 spiro atoms. The number of nitrogens with zero attached hydrogens (tertiary/aromatic N) is 1. The number of ether oxygens (including phenoxy) is 2. The molecule has 0 amide bonds. The van der Waals surface area contributed by atoms with Crippen molar-refractivity contribution in [2.75, 3.05) is 33.9 Å². The minimum absolute atomic E-state index is 0.103. The summed E-state index contributed by atoms with van der Waals surface area (Å²) in [5, 5.41) is 10.1. The molecule has 1 aliphatic heterocycles. The van der Waals surface area contributed by atoms with Crippen LogP contribution in [0.15, 0.2) is 72.8 Å². The molecule has 4 heteroatoms. The number of hydrogen-bond donors (Lipinski definition) is 1. The zero-order chi connectivity index (χ0) is 20.9. The Morgan fingerprint density at radius 2 is 1.73 bits per heavy atom. The van der Waals surface area contributed by atoms with Gasteiger partial charge in [-0.05, 0) is 62.0 Å². The molecule has 0 unspecified atom stereocenters. The van der Waals surface area contributed by atoms with Gasteiger partial charge in [-0.2, -0.15) is 0 Å². The van der Waals surface area contributed by atoms with Crippen LogP contribution in [-0.4, -0.2) is 43.9 Å². The van der Waals surface area contributed by atoms with Gasteiger partial charge in [0.15, 0.2) is 0 Å². The molecular weight excluding hydrogens is 374 g/mol. The van der Waals surface area contributed by atoms with Gasteiger partial charge >= 0.3 is 0 Å². The first-order chi connectivity index (χ1) is 14.6. The van der Waals surface area contributed by atoms with Crippen LogP contribution in [0.2, 0.25) is 0 Å². The summed E-state index contributed by atoms with van der Waals surface area (Å²) in [5.74, 6) is 2.27. The van der Waals surface area contributed by atoms with Crippen molar-refractivity contribution in [2.45, 2.75) is 18.3 Å². The van der Waals surface area contributed by atoms with E-state index >= 15 is 0 Å². The zero-order valence-electron chi connectivity index (χ0n) is 17.6. The summed E-state index contributed by atoms with van der Waals surface area (Å²) in [6.45, 7) is 2.33. The van der Waals surface area contributed by atoms with Gasteiger partial charge in [0.25, 0.3) is 0 Å². The highest BCUT2D eigenvalue weighted by molar-refractivity contribution is 5.51. The molecule has 30 heavy (non-hydrogen) atoms. The smallest absolute Gasteiger partial charge is 0.123 e. The maximum absolute atomic E-state index is 10.1. The van der Waals surface area contributed by atoms with Gasteiger partial charge in [-0.1, -0.05) is 42.5 Å². The molecule has 4 nitrogen and oxygen atoms in total. The first-order valence-electron chi connectivity index (χ1n) is 10.5. The molecule has 0 aliphatic carbocycles. The van der Waals surface area contributed by atoms with Crippen LogP contribution in [0.1, 0.15) is 34.9 Å². The topological polar surface area (TPSA) is 41.9 Å². The maximum Gasteiger partial charge on any atom is 0.123 e. The lowest BCUT2D eigenvalue weighted by atomic mass is 9.76. The predicted octanol–water partition coefficient (Wildman–Crippen LogP) is 5.03. The van der Waals surface area contributed by atoms with Crippen LogP contribution >= 0.6 is 0 Å². The molecule has 0 bridgehead atoms. The summed E-state index contributed by atoms with van der Waals surface area (Å²) in [7, 11) is 4.14. The number of phenols is 1. The Kier molecular flexibility index (Phi) is 6.24. The van der Waals surface area contributed by atoms with E-state index in [0.717, 1.165) is 30.0 Å². The second-order valence-electron chi connectivity index (χ2n) is 8.10. The lowest BCUT2D eigenvalue weighted by Crippen LogP contribution is -2.25. The van der Waals surface area contributed by atoms with E-state index in [1.54, 1.807) is 6.07 Å². The Balaban J connectivity index is 1.61. The first kappa shape index (κ1) is 20.3. The third kappa shape index (κ3) is 4.60. The van der Waals surface area contributed by atoms with E-state index in [1.807, 2.05) is 30.3 Å². The van der Waals surface area contributed by atoms with E-state index in [-0.39, 0.29) is 17.6 Å². The van der Waals surface area contributed by atoms with Crippen molar-refractivity contribution in [1.82, 2.24) is 4.90 Å². The van der Waals surface area contributed by atoms with E-state index in [1.165, 1.54) is 11.1 Å². The van der Waals surface area contributed by atoms with E-state index in [4.69, 9.17) is 9.47 Å². The monoisotopic (exact) mass is 403 g/mol. The van der Waals surface area contributed by atoms with Crippen LogP contribution in [0.3, 0.4) is 0 Å². The molecule has 0 aromatic heterocycles. The van der Waals surface area contributed by atoms with Gasteiger partial charge in [-0.25, -0.2) is 0 Å². The van der Waals surface area contributed by atoms with Gasteiger partial charge in [0.05, 0.1) is 13.2 Å². The van der Waals surface area contributed by atoms with E-state index < -0.39 is 0 Å². The van der Waals surface area contributed by atoms with E-state index in [2.05, 4.69) is 55.4 Å². The van der Waals surface area contributed by atoms with Gasteiger partial charge in [0, 0.05) is 23.9 Å². The Bertz CT molecular complexity index is 954. The molecule has 0 saturated carbocycles. The average Bonchev–Trinajstić information content (AvgIpc) is 2.77. The Morgan fingerprint density at radius 1 is 0.967 bits per heavy atom. The molecule has 2 atom stereocenters. The summed E-state index contributed by atoms with van der Waals surface area (Å²) in [5.41, 5.74) is 3.45. The summed E-state index contributed by atoms with van der Waals surface area (Å²) < 4.78 is 12.0. The molecule has 1 N–H and O–H groups in total. The van der Waals surface area contributed by atoms with Crippen LogP contribution in [-0.2, 0) is 0 Å². The molecule has 0 radical (unpaired) electrons. The van der Waals surface area contributed by atoms with Gasteiger partial charge in [-0.3, -0.25) is 0 Å². The number of benzene rings is 3. The Hall–Kier alpha value is -2.98. The standard InChI is InChI=1S/C26H29NO3/c1-27(2)15-6-16-29-22-12-9-20(10-13-22)26-23-17-21(28)11-14-25(23)30-18-24(26)19-7-4-3-5-8-19/h3-5,7-14,17,24,26,28H,6,15-16,18H2,1-2H3/t24-,26+/m0/s1. The average molecular weight is 404 g/mol. The molecule has 156 valence electrons. The lowest BCUT2D eigenvalue weighted by molar-refractivity contribution is 0.248. The van der Waals surface area contributed by atoms with E-state index in [0.29, 0.717) is 13.2 Å². The predicted molar refractivity (Wildman–Crippen MR) is 120 cm³/mol. The van der Waals surface area contributed by atoms with Crippen LogP contribution in [0.25, 0.3) is 0 Å². The normalized spacial score (nSPS) is 18.0. The van der Waals surface area contributed by atoms with Crippen molar-refractivity contribution in [3.8, 4) is 17.2 Å². The number of rotatable bonds is 7. The molecular formula is C26H29NO3. The molecule has 3 aromatic carbocycles. The summed E-state index contributed by atoms with van der Waals surface area (Å²) >= 11 is 0. The van der Waals surface area contributed by atoms with Crippen molar-refractivity contribution in [3.05, 3.63) is 89.5 Å². The largest absolute Gasteiger partial charge is 0.508 e. The Morgan fingerprint density at radius 3 is 2.47 bits per heavy atom. The van der Waals surface area contributed by atoms with Crippen molar-refractivity contribution in [3.63, 3.8) is 0 Å². The third-order valence-electron chi connectivity index (χ3n) is 5.63. The van der Waals surface area contributed by atoms with Crippen LogP contribution in [0.4, 0.5) is 0 Å². The summed E-state index contributed by atoms with van der Waals surface area (Å²) in [6.07, 6.45) is 0.997. The fourth-order valence-electron chi connectivity index (χ4n) is 4.15. The van der Waals surface area contributed by atoms with Crippen molar-refractivity contribution in [2.24, 2.45) is 0 Å². The highest BCUT2D eigenvalue weighted by Crippen LogP contribution is 2.47. The van der Waals surface area contributed by atoms with Crippen LogP contribution in [0.5, 0.6) is 17.2 Å². The SMILES string of the molecule is CN(C)CCCOc1ccc([C@@H]2c3cc(O)ccc3OC[C@H]2c2ccccc2)cc1. The third-order valence-corrected chi connectivity index (χ3v) is 5.63. The number of fused-ring (bicyclic) bond motifs is 1. The number of aromatic hydroxyl groups is 1. The molecule has 3 aromatic rings. The lowest BCUT2D eigenvalue weighted by Gasteiger charge is -2.34. The molecule has 0 saturated heterocycles. The fraction of sp³-hybridized carbons (Fsp3) is 0.308. The maximum atomic E-state index is 10.1. The van der Waals surface area contributed by atoms with Crippen LogP contribution in [0, 0.1) is 0 Å². The van der Waals surface area contributed by atoms with Crippen molar-refractivity contribution >= 4 is 0 Å². The number of hydrogen-bond acceptors (Lipinski definition) is 4. The number of phenolic OH excluding ortho intramolecular Hbond substituents is 1. The summed E-state index contributed by atoms with van der Waals surface area (Å²) in [6, 6.07) is 24.2. The minimum Gasteiger partial charge on any atom is -0.508 e. The molecule has 0 fully saturated rings. The molecule has 1 aliphatic rings. The van der Waals surface area contributed by atoms with Gasteiger partial charge in [0.2, 0.25) is 0 Å². The highest BCUT2D eigenvalue weighted by atomic mass is 16.5. The second kappa shape index (κ2) is 9.23. The minimum atomic E-state index is 0.103. The van der Waals surface area contributed by atoms with E-state index in [9.17, 15) is 5.11 Å². The van der Waals surface area contributed by atoms with Crippen molar-refractivity contribution < 1.29 is 14.6 Å². The Labute approximate surface area is 178 Å².